The van der Waals surface area contributed by atoms with Gasteiger partial charge in [-0.05, 0) is 30.3 Å². The molecule has 3 rings (SSSR count). The van der Waals surface area contributed by atoms with E-state index in [-0.39, 0.29) is 5.56 Å². The number of rotatable bonds is 3. The lowest BCUT2D eigenvalue weighted by atomic mass is 10.2. The number of para-hydroxylation sites is 1. The Kier molecular flexibility index (Phi) is 3.82. The van der Waals surface area contributed by atoms with Gasteiger partial charge in [-0.1, -0.05) is 6.07 Å². The molecule has 9 heteroatoms. The van der Waals surface area contributed by atoms with Gasteiger partial charge in [-0.15, -0.1) is 0 Å². The van der Waals surface area contributed by atoms with Gasteiger partial charge in [-0.3, -0.25) is 4.79 Å². The third kappa shape index (κ3) is 2.99. The molecule has 0 aliphatic rings. The van der Waals surface area contributed by atoms with Crippen molar-refractivity contribution in [2.75, 3.05) is 5.32 Å². The number of carbonyl (C=O) groups is 1. The number of nitrogens with two attached hydrogens (primary N) is 1. The Morgan fingerprint density at radius 1 is 1.29 bits per heavy atom. The van der Waals surface area contributed by atoms with Gasteiger partial charge in [-0.25, -0.2) is 22.9 Å². The number of hydrogen-bond acceptors (Lipinski definition) is 5. The maximum absolute atomic E-state index is 14.0. The Morgan fingerprint density at radius 2 is 2.04 bits per heavy atom. The number of nitrogens with one attached hydrogen (secondary N) is 1. The first-order chi connectivity index (χ1) is 11.3. The van der Waals surface area contributed by atoms with E-state index in [4.69, 9.17) is 9.56 Å². The molecule has 0 saturated carbocycles. The summed E-state index contributed by atoms with van der Waals surface area (Å²) in [5, 5.41) is 7.46. The molecular weight excluding hydrogens is 337 g/mol. The van der Waals surface area contributed by atoms with Gasteiger partial charge < -0.3 is 9.73 Å². The van der Waals surface area contributed by atoms with E-state index in [0.717, 1.165) is 12.1 Å². The zero-order valence-corrected chi connectivity index (χ0v) is 13.2. The second kappa shape index (κ2) is 5.69. The van der Waals surface area contributed by atoms with Crippen LogP contribution >= 0.6 is 0 Å². The van der Waals surface area contributed by atoms with E-state index >= 15 is 0 Å². The molecule has 0 atom stereocenters. The Hall–Kier alpha value is -2.78. The summed E-state index contributed by atoms with van der Waals surface area (Å²) in [5.41, 5.74) is 0.948. The predicted molar refractivity (Wildman–Crippen MR) is 84.5 cm³/mol. The largest absolute Gasteiger partial charge is 0.441 e. The van der Waals surface area contributed by atoms with E-state index in [1.807, 2.05) is 0 Å². The zero-order valence-electron chi connectivity index (χ0n) is 12.4. The van der Waals surface area contributed by atoms with E-state index in [0.29, 0.717) is 28.7 Å². The topological polar surface area (TPSA) is 115 Å². The van der Waals surface area contributed by atoms with Crippen molar-refractivity contribution in [1.82, 2.24) is 4.98 Å². The molecule has 0 aliphatic heterocycles. The van der Waals surface area contributed by atoms with Crippen LogP contribution < -0.4 is 10.5 Å². The average Bonchev–Trinajstić information content (AvgIpc) is 2.87. The summed E-state index contributed by atoms with van der Waals surface area (Å²) in [4.78, 5) is 16.0. The van der Waals surface area contributed by atoms with Gasteiger partial charge in [0, 0.05) is 6.92 Å². The van der Waals surface area contributed by atoms with Crippen LogP contribution in [0.15, 0.2) is 45.7 Å². The minimum Gasteiger partial charge on any atom is -0.441 e. The number of hydrogen-bond donors (Lipinski definition) is 2. The van der Waals surface area contributed by atoms with Crippen LogP contribution in [0.4, 0.5) is 10.1 Å². The third-order valence-corrected chi connectivity index (χ3v) is 4.20. The smallest absolute Gasteiger partial charge is 0.258 e. The number of halogens is 1. The Balaban J connectivity index is 1.95. The number of oxazole rings is 1. The van der Waals surface area contributed by atoms with Crippen molar-refractivity contribution in [2.45, 2.75) is 11.8 Å². The molecule has 1 aromatic heterocycles. The lowest BCUT2D eigenvalue weighted by molar-refractivity contribution is 0.102. The SMILES string of the molecule is Cc1nc2c(NC(=O)c3ccc(S(N)(=O)=O)cc3F)cccc2o1. The highest BCUT2D eigenvalue weighted by Crippen LogP contribution is 2.24. The summed E-state index contributed by atoms with van der Waals surface area (Å²) in [5.74, 6) is -1.32. The summed E-state index contributed by atoms with van der Waals surface area (Å²) >= 11 is 0. The van der Waals surface area contributed by atoms with Crippen molar-refractivity contribution < 1.29 is 22.0 Å². The van der Waals surface area contributed by atoms with Crippen molar-refractivity contribution in [2.24, 2.45) is 5.14 Å². The van der Waals surface area contributed by atoms with Crippen LogP contribution in [0.1, 0.15) is 16.2 Å². The minimum atomic E-state index is -4.05. The molecule has 24 heavy (non-hydrogen) atoms. The second-order valence-electron chi connectivity index (χ2n) is 5.03. The van der Waals surface area contributed by atoms with Crippen LogP contribution in [0.3, 0.4) is 0 Å². The number of primary sulfonamides is 1. The lowest BCUT2D eigenvalue weighted by Gasteiger charge is -2.07. The van der Waals surface area contributed by atoms with E-state index in [2.05, 4.69) is 10.3 Å². The third-order valence-electron chi connectivity index (χ3n) is 3.29. The van der Waals surface area contributed by atoms with Gasteiger partial charge in [0.2, 0.25) is 10.0 Å². The highest BCUT2D eigenvalue weighted by atomic mass is 32.2. The molecule has 1 amide bonds. The molecule has 124 valence electrons. The number of aromatic nitrogens is 1. The Bertz CT molecular complexity index is 1060. The van der Waals surface area contributed by atoms with Crippen LogP contribution in [0, 0.1) is 12.7 Å². The average molecular weight is 349 g/mol. The van der Waals surface area contributed by atoms with Crippen molar-refractivity contribution in [1.29, 1.82) is 0 Å². The standard InChI is InChI=1S/C15H12FN3O4S/c1-8-18-14-12(3-2-4-13(14)23-8)19-15(20)10-6-5-9(7-11(10)16)24(17,21)22/h2-7H,1H3,(H,19,20)(H2,17,21,22). The van der Waals surface area contributed by atoms with Gasteiger partial charge in [-0.2, -0.15) is 0 Å². The molecule has 0 radical (unpaired) electrons. The van der Waals surface area contributed by atoms with Crippen molar-refractivity contribution in [3.05, 3.63) is 53.7 Å². The van der Waals surface area contributed by atoms with Gasteiger partial charge in [0.25, 0.3) is 5.91 Å². The molecule has 7 nitrogen and oxygen atoms in total. The minimum absolute atomic E-state index is 0.320. The van der Waals surface area contributed by atoms with Gasteiger partial charge in [0.05, 0.1) is 16.1 Å². The number of nitrogens with zero attached hydrogens (tertiary/aromatic N) is 1. The van der Waals surface area contributed by atoms with E-state index < -0.39 is 26.6 Å². The quantitative estimate of drug-likeness (QED) is 0.752. The fraction of sp³-hybridized carbons (Fsp3) is 0.0667. The number of aryl methyl sites for hydroxylation is 1. The first kappa shape index (κ1) is 16.1. The maximum Gasteiger partial charge on any atom is 0.258 e. The first-order valence-corrected chi connectivity index (χ1v) is 8.30. The van der Waals surface area contributed by atoms with Crippen LogP contribution in [0.2, 0.25) is 0 Å². The fourth-order valence-electron chi connectivity index (χ4n) is 2.21. The van der Waals surface area contributed by atoms with Crippen LogP contribution in [-0.4, -0.2) is 19.3 Å². The highest BCUT2D eigenvalue weighted by Gasteiger charge is 2.18. The van der Waals surface area contributed by atoms with Crippen molar-refractivity contribution in [3.8, 4) is 0 Å². The number of carbonyl (C=O) groups excluding carboxylic acids is 1. The number of benzene rings is 2. The van der Waals surface area contributed by atoms with Gasteiger partial charge in [0.1, 0.15) is 11.3 Å². The van der Waals surface area contributed by atoms with Gasteiger partial charge in [0.15, 0.2) is 11.5 Å². The molecule has 0 bridgehead atoms. The molecule has 0 spiro atoms. The van der Waals surface area contributed by atoms with Crippen LogP contribution in [0.25, 0.3) is 11.1 Å². The summed E-state index contributed by atoms with van der Waals surface area (Å²) < 4.78 is 41.8. The molecule has 0 unspecified atom stereocenters. The van der Waals surface area contributed by atoms with Crippen molar-refractivity contribution in [3.63, 3.8) is 0 Å². The first-order valence-electron chi connectivity index (χ1n) is 6.75. The van der Waals surface area contributed by atoms with E-state index in [1.165, 1.54) is 0 Å². The summed E-state index contributed by atoms with van der Waals surface area (Å²) in [7, 11) is -4.05. The number of anilines is 1. The normalized spacial score (nSPS) is 11.6. The lowest BCUT2D eigenvalue weighted by Crippen LogP contribution is -2.16. The summed E-state index contributed by atoms with van der Waals surface area (Å²) in [6.45, 7) is 1.66. The van der Waals surface area contributed by atoms with E-state index in [9.17, 15) is 17.6 Å². The fourth-order valence-corrected chi connectivity index (χ4v) is 2.73. The van der Waals surface area contributed by atoms with Crippen LogP contribution in [0.5, 0.6) is 0 Å². The molecule has 2 aromatic carbocycles. The molecular formula is C15H12FN3O4S. The number of sulfonamides is 1. The zero-order chi connectivity index (χ0) is 17.5. The maximum atomic E-state index is 14.0. The highest BCUT2D eigenvalue weighted by molar-refractivity contribution is 7.89. The molecule has 0 fully saturated rings. The summed E-state index contributed by atoms with van der Waals surface area (Å²) in [6.07, 6.45) is 0. The van der Waals surface area contributed by atoms with Gasteiger partial charge >= 0.3 is 0 Å². The van der Waals surface area contributed by atoms with Crippen LogP contribution in [-0.2, 0) is 10.0 Å². The molecule has 3 N–H and O–H groups in total. The van der Waals surface area contributed by atoms with Crippen molar-refractivity contribution >= 4 is 32.7 Å². The molecule has 0 aliphatic carbocycles. The Morgan fingerprint density at radius 3 is 2.71 bits per heavy atom. The summed E-state index contributed by atoms with van der Waals surface area (Å²) in [6, 6.07) is 7.76. The van der Waals surface area contributed by atoms with E-state index in [1.54, 1.807) is 25.1 Å². The molecule has 0 saturated heterocycles. The Labute approximate surface area is 136 Å². The monoisotopic (exact) mass is 349 g/mol. The second-order valence-corrected chi connectivity index (χ2v) is 6.59. The molecule has 3 aromatic rings. The predicted octanol–water partition coefficient (Wildman–Crippen LogP) is 2.18. The number of fused-ring (bicyclic) bond motifs is 1. The number of amides is 1. The molecule has 1 heterocycles.